The summed E-state index contributed by atoms with van der Waals surface area (Å²) in [5.74, 6) is 0. The molecule has 0 aliphatic carbocycles. The molecule has 0 aromatic carbocycles. The van der Waals surface area contributed by atoms with E-state index < -0.39 is 10.8 Å². The van der Waals surface area contributed by atoms with Crippen LogP contribution in [0.2, 0.25) is 0 Å². The molecule has 0 atom stereocenters. The Labute approximate surface area is 38.2 Å². The molecule has 0 fully saturated rings. The van der Waals surface area contributed by atoms with E-state index in [4.69, 9.17) is 0 Å². The third-order valence-corrected chi connectivity index (χ3v) is 0.407. The van der Waals surface area contributed by atoms with Crippen LogP contribution in [0.5, 0.6) is 0 Å². The second-order valence-electron chi connectivity index (χ2n) is 0.445. The normalized spacial score (nSPS) is 8.50. The minimum atomic E-state index is -2.15. The minimum Gasteiger partial charge on any atom is -0.307 e. The van der Waals surface area contributed by atoms with Crippen molar-refractivity contribution in [2.75, 3.05) is 0 Å². The second kappa shape index (κ2) is 2.96. The summed E-state index contributed by atoms with van der Waals surface area (Å²) in [6.07, 6.45) is 0.820. The van der Waals surface area contributed by atoms with Gasteiger partial charge in [-0.05, 0) is 0 Å². The summed E-state index contributed by atoms with van der Waals surface area (Å²) >= 11 is 0. The smallest absolute Gasteiger partial charge is 0.307 e. The van der Waals surface area contributed by atoms with Crippen molar-refractivity contribution in [1.82, 2.24) is 0 Å². The molecule has 0 unspecified atom stereocenters. The Balaban J connectivity index is 2.81. The van der Waals surface area contributed by atoms with Crippen LogP contribution >= 0.6 is 0 Å². The zero-order chi connectivity index (χ0) is 4.99. The van der Waals surface area contributed by atoms with E-state index in [9.17, 15) is 9.32 Å². The maximum atomic E-state index is 9.27. The summed E-state index contributed by atoms with van der Waals surface area (Å²) in [6, 6.07) is 0. The quantitative estimate of drug-likeness (QED) is 0.396. The molecule has 0 saturated carbocycles. The molecule has 0 aliphatic rings. The van der Waals surface area contributed by atoms with E-state index in [0.717, 1.165) is 6.26 Å². The van der Waals surface area contributed by atoms with Gasteiger partial charge in [-0.25, -0.2) is 0 Å². The lowest BCUT2D eigenvalue weighted by Gasteiger charge is -1.83. The molecule has 0 saturated heterocycles. The Kier molecular flexibility index (Phi) is 2.84. The van der Waals surface area contributed by atoms with Crippen LogP contribution < -0.4 is 9.32 Å². The highest BCUT2D eigenvalue weighted by atomic mass is 35.6. The zero-order valence-corrected chi connectivity index (χ0v) is 3.64. The number of hydrogen-bond acceptors (Lipinski definition) is 3. The van der Waals surface area contributed by atoms with Gasteiger partial charge in [0, 0.05) is 0 Å². The molecule has 0 rings (SSSR count). The van der Waals surface area contributed by atoms with Gasteiger partial charge in [-0.15, -0.1) is 4.29 Å². The fourth-order valence-corrected chi connectivity index (χ4v) is 0.154. The number of rotatable bonds is 2. The molecule has 0 aliphatic heterocycles. The molecule has 0 N–H and O–H groups in total. The van der Waals surface area contributed by atoms with E-state index in [-0.39, 0.29) is 0 Å². The lowest BCUT2D eigenvalue weighted by atomic mass is 11.2. The Morgan fingerprint density at radius 1 is 1.67 bits per heavy atom. The average Bonchev–Trinajstić information content (AvgIpc) is 1.35. The fourth-order valence-electron chi connectivity index (χ4n) is 0.0514. The first-order chi connectivity index (χ1) is 2.77. The van der Waals surface area contributed by atoms with E-state index >= 15 is 0 Å². The molecule has 0 heterocycles. The van der Waals surface area contributed by atoms with Gasteiger partial charge in [0.1, 0.15) is 0 Å². The third kappa shape index (κ3) is 3.75. The largest absolute Gasteiger partial charge is 0.348 e. The summed E-state index contributed by atoms with van der Waals surface area (Å²) in [5.41, 5.74) is 0. The van der Waals surface area contributed by atoms with Crippen LogP contribution in [0.25, 0.3) is 0 Å². The highest BCUT2D eigenvalue weighted by Gasteiger charge is 1.95. The summed E-state index contributed by atoms with van der Waals surface area (Å²) in [4.78, 5) is 0. The molecule has 4 heteroatoms. The summed E-state index contributed by atoms with van der Waals surface area (Å²) in [7, 11) is -2.15. The van der Waals surface area contributed by atoms with Crippen molar-refractivity contribution in [3.8, 4) is 0 Å². The molecule has 0 aromatic rings. The summed E-state index contributed by atoms with van der Waals surface area (Å²) in [5, 5.41) is 0. The molecule has 0 radical (unpaired) electrons. The van der Waals surface area contributed by atoms with Gasteiger partial charge in [0.15, 0.2) is 0 Å². The van der Waals surface area contributed by atoms with Crippen molar-refractivity contribution >= 4 is 0 Å². The monoisotopic (exact) mass is 110 g/mol. The van der Waals surface area contributed by atoms with Crippen LogP contribution in [0.4, 0.5) is 0 Å². The predicted molar refractivity (Wildman–Crippen MR) is 11.3 cm³/mol. The first-order valence-electron chi connectivity index (χ1n) is 1.11. The van der Waals surface area contributed by atoms with Crippen LogP contribution in [0.15, 0.2) is 12.8 Å². The van der Waals surface area contributed by atoms with E-state index in [1.165, 1.54) is 0 Å². The minimum absolute atomic E-state index is 0.820. The highest BCUT2D eigenvalue weighted by Crippen LogP contribution is 1.72. The van der Waals surface area contributed by atoms with E-state index in [0.29, 0.717) is 0 Å². The first kappa shape index (κ1) is 5.75. The van der Waals surface area contributed by atoms with Crippen molar-refractivity contribution in [3.05, 3.63) is 12.8 Å². The Bertz CT molecular complexity index is 44.1. The molecular formula is C2H3ClO3. The van der Waals surface area contributed by atoms with Crippen molar-refractivity contribution in [2.24, 2.45) is 0 Å². The maximum absolute atomic E-state index is 9.27. The van der Waals surface area contributed by atoms with Gasteiger partial charge in [-0.2, -0.15) is 0 Å². The van der Waals surface area contributed by atoms with Crippen molar-refractivity contribution in [2.45, 2.75) is 0 Å². The Morgan fingerprint density at radius 2 is 2.17 bits per heavy atom. The number of halogens is 1. The van der Waals surface area contributed by atoms with Crippen LogP contribution in [0, 0.1) is 10.8 Å². The topological polar surface area (TPSA) is 55.3 Å². The van der Waals surface area contributed by atoms with Crippen molar-refractivity contribution in [3.63, 3.8) is 0 Å². The van der Waals surface area contributed by atoms with Crippen LogP contribution in [0.1, 0.15) is 0 Å². The Morgan fingerprint density at radius 3 is 2.17 bits per heavy atom. The molecule has 0 bridgehead atoms. The average molecular weight is 110 g/mol. The Hall–Kier alpha value is -0.250. The van der Waals surface area contributed by atoms with Gasteiger partial charge in [-0.1, -0.05) is 6.58 Å². The summed E-state index contributed by atoms with van der Waals surface area (Å²) < 4.78 is 22.2. The van der Waals surface area contributed by atoms with E-state index in [1.54, 1.807) is 0 Å². The predicted octanol–water partition coefficient (Wildman–Crippen LogP) is -1.77. The van der Waals surface area contributed by atoms with Gasteiger partial charge < -0.3 is 9.32 Å². The molecule has 6 heavy (non-hydrogen) atoms. The van der Waals surface area contributed by atoms with Gasteiger partial charge in [-0.3, -0.25) is 0 Å². The molecule has 0 amide bonds. The fraction of sp³-hybridized carbons (Fsp3) is 0. The van der Waals surface area contributed by atoms with Gasteiger partial charge in [0.2, 0.25) is 6.26 Å². The maximum Gasteiger partial charge on any atom is 0.348 e. The van der Waals surface area contributed by atoms with Crippen molar-refractivity contribution in [1.29, 1.82) is 0 Å². The molecule has 3 nitrogen and oxygen atoms in total. The molecule has 36 valence electrons. The lowest BCUT2D eigenvalue weighted by Crippen LogP contribution is -2.32. The van der Waals surface area contributed by atoms with Gasteiger partial charge >= 0.3 is 10.8 Å². The summed E-state index contributed by atoms with van der Waals surface area (Å²) in [6.45, 7) is 2.98. The zero-order valence-electron chi connectivity index (χ0n) is 2.89. The molecular weight excluding hydrogens is 107 g/mol. The SMILES string of the molecule is C=CO[Cl+2]([O-])[O-]. The van der Waals surface area contributed by atoms with Gasteiger partial charge in [0.05, 0.1) is 0 Å². The molecule has 0 spiro atoms. The third-order valence-electron chi connectivity index (χ3n) is 0.136. The second-order valence-corrected chi connectivity index (χ2v) is 1.00. The van der Waals surface area contributed by atoms with E-state index in [2.05, 4.69) is 10.9 Å². The highest BCUT2D eigenvalue weighted by molar-refractivity contribution is 4.40. The molecule has 0 aromatic heterocycles. The standard InChI is InChI=1S/C2H3ClO3/c1-2-6-3(4)5/h2H,1H2. The van der Waals surface area contributed by atoms with Crippen molar-refractivity contribution < 1.29 is 24.4 Å². The van der Waals surface area contributed by atoms with Crippen LogP contribution in [0.3, 0.4) is 0 Å². The first-order valence-corrected chi connectivity index (χ1v) is 2.03. The van der Waals surface area contributed by atoms with Crippen LogP contribution in [-0.2, 0) is 4.29 Å². The van der Waals surface area contributed by atoms with Gasteiger partial charge in [0.25, 0.3) is 0 Å². The number of hydrogen-bond donors (Lipinski definition) is 0. The van der Waals surface area contributed by atoms with E-state index in [1.807, 2.05) is 0 Å². The lowest BCUT2D eigenvalue weighted by molar-refractivity contribution is -1.63. The van der Waals surface area contributed by atoms with Crippen LogP contribution in [-0.4, -0.2) is 0 Å².